The van der Waals surface area contributed by atoms with Gasteiger partial charge in [0.2, 0.25) is 5.96 Å². The Bertz CT molecular complexity index is 2800. The van der Waals surface area contributed by atoms with Crippen LogP contribution in [0.15, 0.2) is 199 Å². The molecule has 10 aromatic rings. The van der Waals surface area contributed by atoms with E-state index >= 15 is 0 Å². The van der Waals surface area contributed by atoms with Gasteiger partial charge in [0, 0.05) is 28.6 Å². The van der Waals surface area contributed by atoms with E-state index in [4.69, 9.17) is 4.99 Å². The van der Waals surface area contributed by atoms with E-state index in [1.54, 1.807) is 0 Å². The molecule has 54 heavy (non-hydrogen) atoms. The molecule has 0 spiro atoms. The Labute approximate surface area is 313 Å². The molecule has 0 bridgehead atoms. The molecule has 0 saturated carbocycles. The van der Waals surface area contributed by atoms with E-state index in [0.717, 1.165) is 28.0 Å². The SMILES string of the molecule is CN=C(Nn1c2ccc(-c3ccccc3)cc2c2cc(-c3ccccc3)ccc21)n1c2ccc(-c3ccccc3)cc2c2cc(-c3ccccc3)ccc21. The van der Waals surface area contributed by atoms with Crippen molar-refractivity contribution in [3.63, 3.8) is 0 Å². The fourth-order valence-electron chi connectivity index (χ4n) is 7.94. The van der Waals surface area contributed by atoms with Gasteiger partial charge in [-0.2, -0.15) is 0 Å². The van der Waals surface area contributed by atoms with Crippen molar-refractivity contribution in [2.75, 3.05) is 12.5 Å². The smallest absolute Gasteiger partial charge is 0.222 e. The van der Waals surface area contributed by atoms with E-state index in [1.165, 1.54) is 66.1 Å². The highest BCUT2D eigenvalue weighted by molar-refractivity contribution is 6.18. The van der Waals surface area contributed by atoms with Crippen LogP contribution in [0.1, 0.15) is 0 Å². The summed E-state index contributed by atoms with van der Waals surface area (Å²) in [6.07, 6.45) is 0. The van der Waals surface area contributed by atoms with Gasteiger partial charge in [-0.15, -0.1) is 0 Å². The molecule has 8 aromatic carbocycles. The number of aromatic nitrogens is 2. The second-order valence-corrected chi connectivity index (χ2v) is 13.7. The Hall–Kier alpha value is -7.17. The predicted molar refractivity (Wildman–Crippen MR) is 229 cm³/mol. The summed E-state index contributed by atoms with van der Waals surface area (Å²) in [5.41, 5.74) is 17.6. The maximum Gasteiger partial charge on any atom is 0.222 e. The number of benzene rings is 8. The van der Waals surface area contributed by atoms with Gasteiger partial charge in [0.05, 0.1) is 22.1 Å². The summed E-state index contributed by atoms with van der Waals surface area (Å²) >= 11 is 0. The molecule has 0 aliphatic carbocycles. The maximum absolute atomic E-state index is 4.96. The van der Waals surface area contributed by atoms with Crippen molar-refractivity contribution < 1.29 is 0 Å². The number of rotatable bonds is 5. The van der Waals surface area contributed by atoms with Crippen molar-refractivity contribution in [2.45, 2.75) is 0 Å². The summed E-state index contributed by atoms with van der Waals surface area (Å²) < 4.78 is 4.47. The zero-order chi connectivity index (χ0) is 36.0. The molecule has 2 heterocycles. The topological polar surface area (TPSA) is 34.2 Å². The third kappa shape index (κ3) is 5.35. The summed E-state index contributed by atoms with van der Waals surface area (Å²) in [7, 11) is 1.87. The van der Waals surface area contributed by atoms with Crippen LogP contribution < -0.4 is 5.43 Å². The van der Waals surface area contributed by atoms with E-state index in [-0.39, 0.29) is 0 Å². The van der Waals surface area contributed by atoms with Crippen molar-refractivity contribution in [1.82, 2.24) is 9.24 Å². The number of nitrogens with zero attached hydrogens (tertiary/aromatic N) is 3. The van der Waals surface area contributed by atoms with Crippen LogP contribution in [0.2, 0.25) is 0 Å². The van der Waals surface area contributed by atoms with Gasteiger partial charge in [-0.25, -0.2) is 0 Å². The van der Waals surface area contributed by atoms with Crippen molar-refractivity contribution in [3.05, 3.63) is 194 Å². The van der Waals surface area contributed by atoms with Gasteiger partial charge in [0.25, 0.3) is 0 Å². The first-order valence-corrected chi connectivity index (χ1v) is 18.4. The molecule has 1 N–H and O–H groups in total. The second-order valence-electron chi connectivity index (χ2n) is 13.7. The fourth-order valence-corrected chi connectivity index (χ4v) is 7.94. The largest absolute Gasteiger partial charge is 0.279 e. The number of hydrogen-bond acceptors (Lipinski definition) is 1. The summed E-state index contributed by atoms with van der Waals surface area (Å²) in [6, 6.07) is 69.5. The lowest BCUT2D eigenvalue weighted by Gasteiger charge is -2.16. The molecule has 4 nitrogen and oxygen atoms in total. The standard InChI is InChI=1S/C50H36N4/c1-51-50(53-46-26-22-38(34-14-6-2-7-15-34)30-42(46)43-31-39(23-27-47(43)53)35-16-8-3-9-17-35)52-54-48-28-24-40(36-18-10-4-11-19-36)32-44(48)45-33-41(25-29-49(45)54)37-20-12-5-13-21-37/h2-33H,1H3,(H,51,52). The van der Waals surface area contributed by atoms with Gasteiger partial charge in [-0.1, -0.05) is 146 Å². The van der Waals surface area contributed by atoms with Crippen LogP contribution in [0.4, 0.5) is 0 Å². The number of aliphatic imine (C=N–C) groups is 1. The molecule has 256 valence electrons. The molecule has 0 amide bonds. The normalized spacial score (nSPS) is 11.9. The summed E-state index contributed by atoms with van der Waals surface area (Å²) in [6.45, 7) is 0. The molecule has 0 saturated heterocycles. The van der Waals surface area contributed by atoms with Crippen molar-refractivity contribution >= 4 is 49.6 Å². The van der Waals surface area contributed by atoms with Gasteiger partial charge in [-0.05, 0) is 93.0 Å². The molecular weight excluding hydrogens is 657 g/mol. The van der Waals surface area contributed by atoms with E-state index < -0.39 is 0 Å². The molecule has 0 fully saturated rings. The van der Waals surface area contributed by atoms with Crippen molar-refractivity contribution in [1.29, 1.82) is 0 Å². The molecule has 0 atom stereocenters. The lowest BCUT2D eigenvalue weighted by Crippen LogP contribution is -2.29. The quantitative estimate of drug-likeness (QED) is 0.141. The van der Waals surface area contributed by atoms with Gasteiger partial charge >= 0.3 is 0 Å². The molecule has 0 unspecified atom stereocenters. The van der Waals surface area contributed by atoms with E-state index in [9.17, 15) is 0 Å². The van der Waals surface area contributed by atoms with Gasteiger partial charge in [0.1, 0.15) is 0 Å². The first-order chi connectivity index (χ1) is 26.7. The van der Waals surface area contributed by atoms with E-state index in [0.29, 0.717) is 0 Å². The number of hydrogen-bond donors (Lipinski definition) is 1. The van der Waals surface area contributed by atoms with Crippen LogP contribution in [0, 0.1) is 0 Å². The van der Waals surface area contributed by atoms with Crippen molar-refractivity contribution in [3.8, 4) is 44.5 Å². The van der Waals surface area contributed by atoms with Crippen LogP contribution in [0.25, 0.3) is 88.1 Å². The van der Waals surface area contributed by atoms with E-state index in [2.05, 4.69) is 209 Å². The highest BCUT2D eigenvalue weighted by atomic mass is 15.5. The summed E-state index contributed by atoms with van der Waals surface area (Å²) in [5, 5.41) is 4.70. The monoisotopic (exact) mass is 692 g/mol. The molecular formula is C50H36N4. The van der Waals surface area contributed by atoms with Crippen LogP contribution in [-0.2, 0) is 0 Å². The highest BCUT2D eigenvalue weighted by Gasteiger charge is 2.20. The highest BCUT2D eigenvalue weighted by Crippen LogP contribution is 2.37. The Balaban J connectivity index is 1.17. The zero-order valence-electron chi connectivity index (χ0n) is 29.8. The van der Waals surface area contributed by atoms with Gasteiger partial charge in [-0.3, -0.25) is 19.7 Å². The van der Waals surface area contributed by atoms with Crippen LogP contribution in [0.5, 0.6) is 0 Å². The predicted octanol–water partition coefficient (Wildman–Crippen LogP) is 12.6. The molecule has 10 rings (SSSR count). The maximum atomic E-state index is 4.96. The number of fused-ring (bicyclic) bond motifs is 6. The first kappa shape index (κ1) is 31.6. The Kier molecular flexibility index (Phi) is 7.66. The Morgan fingerprint density at radius 1 is 0.352 bits per heavy atom. The third-order valence-corrected chi connectivity index (χ3v) is 10.6. The minimum atomic E-state index is 0.730. The lowest BCUT2D eigenvalue weighted by molar-refractivity contribution is 1.03. The Morgan fingerprint density at radius 3 is 0.963 bits per heavy atom. The number of nitrogens with one attached hydrogen (secondary N) is 1. The van der Waals surface area contributed by atoms with Crippen LogP contribution in [-0.4, -0.2) is 22.3 Å². The molecule has 0 radical (unpaired) electrons. The summed E-state index contributed by atoms with van der Waals surface area (Å²) in [4.78, 5) is 4.96. The molecule has 4 heteroatoms. The average Bonchev–Trinajstić information content (AvgIpc) is 3.74. The minimum absolute atomic E-state index is 0.730. The van der Waals surface area contributed by atoms with E-state index in [1.807, 2.05) is 7.05 Å². The van der Waals surface area contributed by atoms with Crippen molar-refractivity contribution in [2.24, 2.45) is 4.99 Å². The average molecular weight is 693 g/mol. The third-order valence-electron chi connectivity index (χ3n) is 10.6. The minimum Gasteiger partial charge on any atom is -0.279 e. The zero-order valence-corrected chi connectivity index (χ0v) is 29.8. The fraction of sp³-hybridized carbons (Fsp3) is 0.0200. The van der Waals surface area contributed by atoms with Gasteiger partial charge in [0.15, 0.2) is 0 Å². The van der Waals surface area contributed by atoms with Gasteiger partial charge < -0.3 is 0 Å². The molecule has 0 aliphatic rings. The second kappa shape index (κ2) is 13.1. The lowest BCUT2D eigenvalue weighted by atomic mass is 10.0. The molecule has 0 aliphatic heterocycles. The first-order valence-electron chi connectivity index (χ1n) is 18.4. The Morgan fingerprint density at radius 2 is 0.648 bits per heavy atom. The summed E-state index contributed by atoms with van der Waals surface area (Å²) in [5.74, 6) is 0.730. The van der Waals surface area contributed by atoms with Crippen LogP contribution in [0.3, 0.4) is 0 Å². The molecule has 2 aromatic heterocycles. The van der Waals surface area contributed by atoms with Crippen LogP contribution >= 0.6 is 0 Å².